The van der Waals surface area contributed by atoms with Gasteiger partial charge >= 0.3 is 0 Å². The van der Waals surface area contributed by atoms with E-state index in [9.17, 15) is 14.5 Å². The van der Waals surface area contributed by atoms with Crippen LogP contribution in [0.15, 0.2) is 30.3 Å². The molecule has 110 valence electrons. The third-order valence-corrected chi connectivity index (χ3v) is 2.78. The number of pyridine rings is 1. The number of rotatable bonds is 5. The lowest BCUT2D eigenvalue weighted by atomic mass is 10.2. The van der Waals surface area contributed by atoms with E-state index < -0.39 is 10.7 Å². The topological polar surface area (TPSA) is 103 Å². The normalized spacial score (nSPS) is 10.2. The van der Waals surface area contributed by atoms with Gasteiger partial charge in [-0.1, -0.05) is 6.07 Å². The van der Waals surface area contributed by atoms with E-state index in [-0.39, 0.29) is 18.0 Å². The highest BCUT2D eigenvalue weighted by atomic mass is 19.1. The third-order valence-electron chi connectivity index (χ3n) is 2.78. The maximum atomic E-state index is 13.8. The van der Waals surface area contributed by atoms with E-state index in [2.05, 4.69) is 10.4 Å². The molecule has 0 aliphatic carbocycles. The van der Waals surface area contributed by atoms with Crippen LogP contribution in [0.2, 0.25) is 0 Å². The number of nitrogens with zero attached hydrogens (tertiary/aromatic N) is 2. The van der Waals surface area contributed by atoms with E-state index in [1.807, 2.05) is 0 Å². The minimum Gasteiger partial charge on any atom is -0.484 e. The second-order valence-corrected chi connectivity index (χ2v) is 4.27. The molecule has 0 saturated heterocycles. The quantitative estimate of drug-likeness (QED) is 0.498. The fourth-order valence-electron chi connectivity index (χ4n) is 1.74. The van der Waals surface area contributed by atoms with E-state index in [0.717, 1.165) is 6.07 Å². The Labute approximate surface area is 119 Å². The van der Waals surface area contributed by atoms with Crippen LogP contribution in [0.3, 0.4) is 0 Å². The zero-order chi connectivity index (χ0) is 15.4. The Hall–Kier alpha value is -2.74. The van der Waals surface area contributed by atoms with Crippen molar-refractivity contribution in [3.8, 4) is 5.75 Å². The lowest BCUT2D eigenvalue weighted by molar-refractivity contribution is -0.385. The Bertz CT molecular complexity index is 678. The third kappa shape index (κ3) is 3.42. The second-order valence-electron chi connectivity index (χ2n) is 4.27. The maximum Gasteiger partial charge on any atom is 0.275 e. The van der Waals surface area contributed by atoms with Gasteiger partial charge in [0.25, 0.3) is 5.69 Å². The van der Waals surface area contributed by atoms with Crippen LogP contribution in [-0.2, 0) is 6.61 Å². The van der Waals surface area contributed by atoms with Gasteiger partial charge in [-0.3, -0.25) is 10.1 Å². The van der Waals surface area contributed by atoms with Crippen LogP contribution in [0, 0.1) is 22.9 Å². The summed E-state index contributed by atoms with van der Waals surface area (Å²) in [6.45, 7) is 1.53. The lowest BCUT2D eigenvalue weighted by Gasteiger charge is -2.09. The van der Waals surface area contributed by atoms with Crippen LogP contribution in [0.25, 0.3) is 0 Å². The lowest BCUT2D eigenvalue weighted by Crippen LogP contribution is -2.10. The second kappa shape index (κ2) is 6.14. The van der Waals surface area contributed by atoms with Crippen molar-refractivity contribution < 1.29 is 14.1 Å². The highest BCUT2D eigenvalue weighted by Gasteiger charge is 2.16. The minimum absolute atomic E-state index is 0.0176. The van der Waals surface area contributed by atoms with Crippen molar-refractivity contribution in [3.05, 3.63) is 57.5 Å². The first-order chi connectivity index (χ1) is 10.0. The number of anilines is 1. The molecule has 0 spiro atoms. The molecule has 8 heteroatoms. The molecule has 0 amide bonds. The maximum absolute atomic E-state index is 13.8. The number of hydrogen-bond donors (Lipinski definition) is 2. The molecule has 1 aromatic carbocycles. The summed E-state index contributed by atoms with van der Waals surface area (Å²) in [7, 11) is 0. The Morgan fingerprint density at radius 3 is 2.90 bits per heavy atom. The number of ether oxygens (including phenoxy) is 1. The van der Waals surface area contributed by atoms with E-state index >= 15 is 0 Å². The van der Waals surface area contributed by atoms with Crippen LogP contribution < -0.4 is 16.0 Å². The van der Waals surface area contributed by atoms with Crippen molar-refractivity contribution in [2.75, 3.05) is 5.43 Å². The van der Waals surface area contributed by atoms with Crippen LogP contribution in [-0.4, -0.2) is 9.91 Å². The minimum atomic E-state index is -0.791. The summed E-state index contributed by atoms with van der Waals surface area (Å²) in [5, 5.41) is 10.7. The molecule has 21 heavy (non-hydrogen) atoms. The van der Waals surface area contributed by atoms with Crippen molar-refractivity contribution >= 4 is 11.5 Å². The number of nitro groups is 1. The molecular weight excluding hydrogens is 279 g/mol. The molecule has 0 fully saturated rings. The molecule has 0 atom stereocenters. The average molecular weight is 292 g/mol. The standard InChI is InChI=1S/C13H13FN4O3/c1-8-5-12(10(14)6-11(8)18(19)20)21-7-9-3-2-4-13(16-9)17-15/h2-6H,7,15H2,1H3,(H,16,17). The number of hydrogen-bond acceptors (Lipinski definition) is 6. The number of nitrogens with two attached hydrogens (primary N) is 1. The van der Waals surface area contributed by atoms with Crippen LogP contribution in [0.4, 0.5) is 15.9 Å². The molecule has 0 radical (unpaired) electrons. The van der Waals surface area contributed by atoms with Gasteiger partial charge in [-0.05, 0) is 25.1 Å². The number of aromatic nitrogens is 1. The highest BCUT2D eigenvalue weighted by Crippen LogP contribution is 2.27. The number of nitrogens with one attached hydrogen (secondary N) is 1. The SMILES string of the molecule is Cc1cc(OCc2cccc(NN)n2)c(F)cc1[N+](=O)[O-]. The summed E-state index contributed by atoms with van der Waals surface area (Å²) in [5.74, 6) is 4.84. The fraction of sp³-hybridized carbons (Fsp3) is 0.154. The van der Waals surface area contributed by atoms with Gasteiger partial charge < -0.3 is 10.2 Å². The summed E-state index contributed by atoms with van der Waals surface area (Å²) in [6, 6.07) is 7.21. The summed E-state index contributed by atoms with van der Waals surface area (Å²) >= 11 is 0. The number of halogens is 1. The predicted molar refractivity (Wildman–Crippen MR) is 74.2 cm³/mol. The molecule has 1 heterocycles. The first-order valence-electron chi connectivity index (χ1n) is 6.01. The van der Waals surface area contributed by atoms with Gasteiger partial charge in [0.2, 0.25) is 0 Å². The summed E-state index contributed by atoms with van der Waals surface area (Å²) in [4.78, 5) is 14.2. The van der Waals surface area contributed by atoms with Crippen molar-refractivity contribution in [1.82, 2.24) is 4.98 Å². The molecule has 3 N–H and O–H groups in total. The monoisotopic (exact) mass is 292 g/mol. The van der Waals surface area contributed by atoms with Gasteiger partial charge in [-0.2, -0.15) is 0 Å². The molecule has 0 saturated carbocycles. The van der Waals surface area contributed by atoms with Gasteiger partial charge in [-0.25, -0.2) is 15.2 Å². The molecule has 1 aromatic heterocycles. The van der Waals surface area contributed by atoms with Crippen LogP contribution in [0.5, 0.6) is 5.75 Å². The van der Waals surface area contributed by atoms with Crippen molar-refractivity contribution in [2.45, 2.75) is 13.5 Å². The Morgan fingerprint density at radius 2 is 2.24 bits per heavy atom. The van der Waals surface area contributed by atoms with Crippen LogP contribution in [0.1, 0.15) is 11.3 Å². The van der Waals surface area contributed by atoms with Gasteiger partial charge in [0, 0.05) is 5.56 Å². The Kier molecular flexibility index (Phi) is 4.29. The largest absolute Gasteiger partial charge is 0.484 e. The predicted octanol–water partition coefficient (Wildman–Crippen LogP) is 2.30. The number of nitrogen functional groups attached to an aromatic ring is 1. The zero-order valence-electron chi connectivity index (χ0n) is 11.2. The van der Waals surface area contributed by atoms with E-state index in [4.69, 9.17) is 10.6 Å². The molecule has 7 nitrogen and oxygen atoms in total. The van der Waals surface area contributed by atoms with Crippen LogP contribution >= 0.6 is 0 Å². The summed E-state index contributed by atoms with van der Waals surface area (Å²) < 4.78 is 19.1. The molecule has 2 rings (SSSR count). The van der Waals surface area contributed by atoms with Gasteiger partial charge in [-0.15, -0.1) is 0 Å². The summed E-state index contributed by atoms with van der Waals surface area (Å²) in [6.07, 6.45) is 0. The zero-order valence-corrected chi connectivity index (χ0v) is 11.2. The Morgan fingerprint density at radius 1 is 1.48 bits per heavy atom. The number of nitro benzene ring substituents is 1. The van der Waals surface area contributed by atoms with E-state index in [1.165, 1.54) is 13.0 Å². The van der Waals surface area contributed by atoms with E-state index in [1.54, 1.807) is 18.2 Å². The molecule has 0 aliphatic heterocycles. The molecular formula is C13H13FN4O3. The summed E-state index contributed by atoms with van der Waals surface area (Å²) in [5.41, 5.74) is 2.97. The molecule has 0 aliphatic rings. The van der Waals surface area contributed by atoms with Crippen molar-refractivity contribution in [1.29, 1.82) is 0 Å². The van der Waals surface area contributed by atoms with Gasteiger partial charge in [0.1, 0.15) is 12.4 Å². The first-order valence-corrected chi connectivity index (χ1v) is 6.01. The first kappa shape index (κ1) is 14.7. The number of benzene rings is 1. The van der Waals surface area contributed by atoms with Crippen molar-refractivity contribution in [3.63, 3.8) is 0 Å². The Balaban J connectivity index is 2.16. The van der Waals surface area contributed by atoms with Gasteiger partial charge in [0.15, 0.2) is 11.6 Å². The average Bonchev–Trinajstić information content (AvgIpc) is 2.47. The fourth-order valence-corrected chi connectivity index (χ4v) is 1.74. The highest BCUT2D eigenvalue weighted by molar-refractivity contribution is 5.45. The van der Waals surface area contributed by atoms with Crippen molar-refractivity contribution in [2.24, 2.45) is 5.84 Å². The van der Waals surface area contributed by atoms with E-state index in [0.29, 0.717) is 17.1 Å². The molecule has 0 unspecified atom stereocenters. The molecule has 2 aromatic rings. The van der Waals surface area contributed by atoms with Gasteiger partial charge in [0.05, 0.1) is 16.7 Å². The molecule has 0 bridgehead atoms. The number of hydrazine groups is 1. The smallest absolute Gasteiger partial charge is 0.275 e. The number of aryl methyl sites for hydroxylation is 1.